The quantitative estimate of drug-likeness (QED) is 0.639. The van der Waals surface area contributed by atoms with Gasteiger partial charge in [-0.25, -0.2) is 4.39 Å². The van der Waals surface area contributed by atoms with Crippen LogP contribution in [0.25, 0.3) is 0 Å². The van der Waals surface area contributed by atoms with E-state index in [1.54, 1.807) is 12.1 Å². The molecule has 2 N–H and O–H groups in total. The second-order valence-electron chi connectivity index (χ2n) is 9.24. The molecule has 0 aliphatic carbocycles. The van der Waals surface area contributed by atoms with Gasteiger partial charge in [-0.05, 0) is 67.4 Å². The van der Waals surface area contributed by atoms with Gasteiger partial charge in [0.25, 0.3) is 0 Å². The summed E-state index contributed by atoms with van der Waals surface area (Å²) in [5.74, 6) is 3.48. The number of thiocarbonyl (C=S) groups is 1. The summed E-state index contributed by atoms with van der Waals surface area (Å²) in [6, 6.07) is 8.53. The van der Waals surface area contributed by atoms with Crippen LogP contribution in [0.15, 0.2) is 30.3 Å². The third kappa shape index (κ3) is 6.06. The molecule has 0 radical (unpaired) electrons. The Morgan fingerprint density at radius 1 is 1.00 bits per heavy atom. The fraction of sp³-hybridized carbons (Fsp3) is 0.542. The van der Waals surface area contributed by atoms with E-state index in [1.165, 1.54) is 37.8 Å². The molecule has 2 aromatic rings. The van der Waals surface area contributed by atoms with Crippen LogP contribution in [-0.2, 0) is 6.54 Å². The molecule has 6 nitrogen and oxygen atoms in total. The minimum absolute atomic E-state index is 0.244. The van der Waals surface area contributed by atoms with Gasteiger partial charge in [-0.1, -0.05) is 26.0 Å². The number of nitrogens with zero attached hydrogens (tertiary/aromatic N) is 4. The lowest BCUT2D eigenvalue weighted by Gasteiger charge is -2.36. The van der Waals surface area contributed by atoms with Gasteiger partial charge in [0.1, 0.15) is 17.5 Å². The molecule has 1 aromatic heterocycles. The first kappa shape index (κ1) is 22.7. The Labute approximate surface area is 195 Å². The van der Waals surface area contributed by atoms with Gasteiger partial charge in [-0.2, -0.15) is 9.97 Å². The largest absolute Gasteiger partial charge is 0.358 e. The van der Waals surface area contributed by atoms with Crippen molar-refractivity contribution in [2.75, 3.05) is 41.3 Å². The van der Waals surface area contributed by atoms with Crippen molar-refractivity contribution in [3.05, 3.63) is 41.7 Å². The summed E-state index contributed by atoms with van der Waals surface area (Å²) in [5, 5.41) is 6.80. The first-order valence-electron chi connectivity index (χ1n) is 11.6. The first-order valence-corrected chi connectivity index (χ1v) is 12.1. The highest BCUT2D eigenvalue weighted by atomic mass is 32.1. The van der Waals surface area contributed by atoms with E-state index < -0.39 is 0 Å². The number of hydrogen-bond donors (Lipinski definition) is 2. The molecule has 0 amide bonds. The summed E-state index contributed by atoms with van der Waals surface area (Å²) >= 11 is 5.49. The highest BCUT2D eigenvalue weighted by Crippen LogP contribution is 2.29. The Morgan fingerprint density at radius 3 is 2.28 bits per heavy atom. The van der Waals surface area contributed by atoms with Crippen molar-refractivity contribution in [3.8, 4) is 0 Å². The molecule has 0 bridgehead atoms. The second-order valence-corrected chi connectivity index (χ2v) is 9.65. The Kier molecular flexibility index (Phi) is 7.40. The molecular formula is C24H33FN6S. The second kappa shape index (κ2) is 10.4. The van der Waals surface area contributed by atoms with Crippen LogP contribution < -0.4 is 20.4 Å². The third-order valence-electron chi connectivity index (χ3n) is 6.16. The van der Waals surface area contributed by atoms with Crippen molar-refractivity contribution >= 4 is 34.9 Å². The van der Waals surface area contributed by atoms with Crippen LogP contribution in [0.3, 0.4) is 0 Å². The van der Waals surface area contributed by atoms with Gasteiger partial charge in [-0.15, -0.1) is 0 Å². The average molecular weight is 457 g/mol. The van der Waals surface area contributed by atoms with Gasteiger partial charge in [-0.3, -0.25) is 0 Å². The van der Waals surface area contributed by atoms with Crippen LogP contribution in [0.5, 0.6) is 0 Å². The molecule has 3 heterocycles. The number of halogens is 1. The number of aromatic nitrogens is 2. The van der Waals surface area contributed by atoms with E-state index in [1.807, 2.05) is 0 Å². The summed E-state index contributed by atoms with van der Waals surface area (Å²) in [6.45, 7) is 9.19. The molecule has 0 unspecified atom stereocenters. The molecule has 172 valence electrons. The van der Waals surface area contributed by atoms with E-state index in [2.05, 4.69) is 40.3 Å². The lowest BCUT2D eigenvalue weighted by atomic mass is 9.92. The minimum atomic E-state index is -0.244. The molecule has 4 rings (SSSR count). The summed E-state index contributed by atoms with van der Waals surface area (Å²) < 4.78 is 13.1. The molecule has 32 heavy (non-hydrogen) atoms. The van der Waals surface area contributed by atoms with Crippen molar-refractivity contribution in [2.45, 2.75) is 46.1 Å². The van der Waals surface area contributed by atoms with Crippen molar-refractivity contribution in [2.24, 2.45) is 11.8 Å². The molecule has 0 saturated carbocycles. The van der Waals surface area contributed by atoms with Crippen LogP contribution in [0.2, 0.25) is 0 Å². The fourth-order valence-corrected chi connectivity index (χ4v) is 4.87. The van der Waals surface area contributed by atoms with Crippen LogP contribution in [-0.4, -0.2) is 41.3 Å². The van der Waals surface area contributed by atoms with Crippen LogP contribution in [0.1, 0.15) is 45.1 Å². The summed E-state index contributed by atoms with van der Waals surface area (Å²) in [7, 11) is 0. The van der Waals surface area contributed by atoms with Gasteiger partial charge in [0.05, 0.1) is 0 Å². The van der Waals surface area contributed by atoms with Gasteiger partial charge in [0.2, 0.25) is 5.95 Å². The zero-order valence-electron chi connectivity index (χ0n) is 19.0. The van der Waals surface area contributed by atoms with E-state index in [9.17, 15) is 4.39 Å². The van der Waals surface area contributed by atoms with E-state index >= 15 is 0 Å². The van der Waals surface area contributed by atoms with Gasteiger partial charge < -0.3 is 20.4 Å². The van der Waals surface area contributed by atoms with Crippen molar-refractivity contribution in [1.29, 1.82) is 0 Å². The normalized spacial score (nSPS) is 21.3. The van der Waals surface area contributed by atoms with Crippen LogP contribution in [0, 0.1) is 17.7 Å². The van der Waals surface area contributed by atoms with E-state index in [0.717, 1.165) is 43.4 Å². The maximum Gasteiger partial charge on any atom is 0.232 e. The summed E-state index contributed by atoms with van der Waals surface area (Å²) in [4.78, 5) is 14.4. The molecule has 2 fully saturated rings. The number of rotatable bonds is 5. The Balaban J connectivity index is 1.50. The van der Waals surface area contributed by atoms with E-state index in [-0.39, 0.29) is 5.82 Å². The fourth-order valence-electron chi connectivity index (χ4n) is 4.71. The van der Waals surface area contributed by atoms with Gasteiger partial charge >= 0.3 is 0 Å². The Bertz CT molecular complexity index is 905. The SMILES string of the molecule is C[C@H]1C[C@H](C)CN(c2cc(N3CCCCC3)nc(NC(=S)NCc3ccc(F)cc3)n2)C1. The maximum absolute atomic E-state index is 13.1. The van der Waals surface area contributed by atoms with Gasteiger partial charge in [0, 0.05) is 38.8 Å². The number of hydrogen-bond acceptors (Lipinski definition) is 5. The van der Waals surface area contributed by atoms with Crippen molar-refractivity contribution in [3.63, 3.8) is 0 Å². The zero-order chi connectivity index (χ0) is 22.5. The van der Waals surface area contributed by atoms with Crippen LogP contribution >= 0.6 is 12.2 Å². The molecule has 0 spiro atoms. The lowest BCUT2D eigenvalue weighted by Crippen LogP contribution is -2.40. The number of benzene rings is 1. The minimum Gasteiger partial charge on any atom is -0.358 e. The first-order chi connectivity index (χ1) is 15.5. The summed E-state index contributed by atoms with van der Waals surface area (Å²) in [6.07, 6.45) is 4.91. The Hall–Kier alpha value is -2.48. The lowest BCUT2D eigenvalue weighted by molar-refractivity contribution is 0.355. The number of nitrogens with one attached hydrogen (secondary N) is 2. The zero-order valence-corrected chi connectivity index (χ0v) is 19.8. The monoisotopic (exact) mass is 456 g/mol. The van der Waals surface area contributed by atoms with Crippen LogP contribution in [0.4, 0.5) is 22.0 Å². The molecule has 8 heteroatoms. The highest BCUT2D eigenvalue weighted by molar-refractivity contribution is 7.80. The third-order valence-corrected chi connectivity index (χ3v) is 6.41. The molecular weight excluding hydrogens is 423 g/mol. The molecule has 2 aliphatic rings. The highest BCUT2D eigenvalue weighted by Gasteiger charge is 2.25. The van der Waals surface area contributed by atoms with Crippen molar-refractivity contribution in [1.82, 2.24) is 15.3 Å². The molecule has 2 saturated heterocycles. The van der Waals surface area contributed by atoms with Gasteiger partial charge in [0.15, 0.2) is 5.11 Å². The van der Waals surface area contributed by atoms with E-state index in [0.29, 0.717) is 29.4 Å². The summed E-state index contributed by atoms with van der Waals surface area (Å²) in [5.41, 5.74) is 0.954. The number of anilines is 3. The van der Waals surface area contributed by atoms with E-state index in [4.69, 9.17) is 22.2 Å². The van der Waals surface area contributed by atoms with Crippen molar-refractivity contribution < 1.29 is 4.39 Å². The average Bonchev–Trinajstić information content (AvgIpc) is 2.78. The topological polar surface area (TPSA) is 56.3 Å². The maximum atomic E-state index is 13.1. The molecule has 2 aliphatic heterocycles. The smallest absolute Gasteiger partial charge is 0.232 e. The standard InChI is InChI=1S/C24H33FN6S/c1-17-12-18(2)16-31(15-17)22-13-21(30-10-4-3-5-11-30)27-23(28-22)29-24(32)26-14-19-6-8-20(25)9-7-19/h6-9,13,17-18H,3-5,10-12,14-16H2,1-2H3,(H2,26,27,28,29,32)/t17-,18-/m0/s1. The predicted octanol–water partition coefficient (Wildman–Crippen LogP) is 4.57. The predicted molar refractivity (Wildman–Crippen MR) is 133 cm³/mol. The number of piperidine rings is 2. The Morgan fingerprint density at radius 2 is 1.62 bits per heavy atom. The molecule has 2 atom stereocenters. The molecule has 1 aromatic carbocycles.